The lowest BCUT2D eigenvalue weighted by molar-refractivity contribution is 0.112. The van der Waals surface area contributed by atoms with Gasteiger partial charge in [-0.2, -0.15) is 0 Å². The number of carbonyl (C=O) groups is 1. The molecule has 1 aromatic heterocycles. The maximum atomic E-state index is 10.9. The molecule has 0 aliphatic heterocycles. The molecule has 0 atom stereocenters. The predicted octanol–water partition coefficient (Wildman–Crippen LogP) is 1.10. The number of pyridine rings is 1. The summed E-state index contributed by atoms with van der Waals surface area (Å²) in [5, 5.41) is 0. The van der Waals surface area contributed by atoms with E-state index in [0.717, 1.165) is 9.26 Å². The Morgan fingerprint density at radius 1 is 1.64 bits per heavy atom. The number of H-pyrrole nitrogens is 1. The van der Waals surface area contributed by atoms with Crippen LogP contribution in [-0.4, -0.2) is 11.3 Å². The molecule has 1 aromatic rings. The molecule has 4 heteroatoms. The minimum atomic E-state index is -0.321. The van der Waals surface area contributed by atoms with Gasteiger partial charge in [-0.1, -0.05) is 0 Å². The predicted molar refractivity (Wildman–Crippen MR) is 49.9 cm³/mol. The molecule has 0 bridgehead atoms. The Morgan fingerprint density at radius 2 is 2.27 bits per heavy atom. The van der Waals surface area contributed by atoms with Crippen molar-refractivity contribution >= 4 is 28.9 Å². The number of aromatic amines is 1. The Labute approximate surface area is 77.0 Å². The van der Waals surface area contributed by atoms with E-state index in [4.69, 9.17) is 0 Å². The van der Waals surface area contributed by atoms with E-state index in [1.807, 2.05) is 0 Å². The molecule has 0 aliphatic rings. The molecular formula is C7H6INO2. The lowest BCUT2D eigenvalue weighted by Gasteiger charge is -1.96. The van der Waals surface area contributed by atoms with Gasteiger partial charge in [0.1, 0.15) is 0 Å². The van der Waals surface area contributed by atoms with Crippen LogP contribution in [0.2, 0.25) is 0 Å². The first-order chi connectivity index (χ1) is 5.15. The number of halogens is 1. The molecular weight excluding hydrogens is 257 g/mol. The van der Waals surface area contributed by atoms with Crippen LogP contribution in [0.15, 0.2) is 10.9 Å². The highest BCUT2D eigenvalue weighted by atomic mass is 127. The topological polar surface area (TPSA) is 49.9 Å². The SMILES string of the molecule is Cc1[nH]c(=O)c(C=O)cc1I. The zero-order valence-electron chi connectivity index (χ0n) is 5.85. The number of aromatic nitrogens is 1. The first-order valence-electron chi connectivity index (χ1n) is 2.99. The molecule has 1 heterocycles. The van der Waals surface area contributed by atoms with E-state index in [1.54, 1.807) is 13.0 Å². The fourth-order valence-electron chi connectivity index (χ4n) is 0.700. The Kier molecular flexibility index (Phi) is 2.43. The van der Waals surface area contributed by atoms with Crippen molar-refractivity contribution in [3.8, 4) is 0 Å². The number of hydrogen-bond acceptors (Lipinski definition) is 2. The molecule has 0 unspecified atom stereocenters. The van der Waals surface area contributed by atoms with Crippen LogP contribution in [0.5, 0.6) is 0 Å². The molecule has 0 saturated carbocycles. The average Bonchev–Trinajstić information content (AvgIpc) is 1.97. The minimum Gasteiger partial charge on any atom is -0.325 e. The number of aldehydes is 1. The molecule has 3 nitrogen and oxygen atoms in total. The smallest absolute Gasteiger partial charge is 0.258 e. The summed E-state index contributed by atoms with van der Waals surface area (Å²) in [4.78, 5) is 23.8. The zero-order valence-corrected chi connectivity index (χ0v) is 8.01. The van der Waals surface area contributed by atoms with Crippen LogP contribution in [0.25, 0.3) is 0 Å². The van der Waals surface area contributed by atoms with Gasteiger partial charge < -0.3 is 4.98 Å². The van der Waals surface area contributed by atoms with Crippen LogP contribution >= 0.6 is 22.6 Å². The summed E-state index contributed by atoms with van der Waals surface area (Å²) in [6.07, 6.45) is 0.556. The van der Waals surface area contributed by atoms with E-state index >= 15 is 0 Å². The molecule has 0 radical (unpaired) electrons. The molecule has 0 amide bonds. The molecule has 0 fully saturated rings. The molecule has 0 aromatic carbocycles. The van der Waals surface area contributed by atoms with E-state index in [2.05, 4.69) is 27.6 Å². The third-order valence-electron chi connectivity index (χ3n) is 1.33. The van der Waals surface area contributed by atoms with E-state index in [0.29, 0.717) is 6.29 Å². The number of aryl methyl sites for hydroxylation is 1. The van der Waals surface area contributed by atoms with Crippen LogP contribution in [-0.2, 0) is 0 Å². The van der Waals surface area contributed by atoms with Gasteiger partial charge in [0.05, 0.1) is 5.56 Å². The number of nitrogens with one attached hydrogen (secondary N) is 1. The normalized spacial score (nSPS) is 9.64. The van der Waals surface area contributed by atoms with E-state index in [1.165, 1.54) is 0 Å². The summed E-state index contributed by atoms with van der Waals surface area (Å²) in [5.41, 5.74) is 0.652. The van der Waals surface area contributed by atoms with Crippen LogP contribution in [0, 0.1) is 10.5 Å². The third-order valence-corrected chi connectivity index (χ3v) is 2.45. The summed E-state index contributed by atoms with van der Waals surface area (Å²) in [7, 11) is 0. The van der Waals surface area contributed by atoms with Gasteiger partial charge in [-0.05, 0) is 35.6 Å². The van der Waals surface area contributed by atoms with Gasteiger partial charge in [-0.15, -0.1) is 0 Å². The Bertz CT molecular complexity index is 343. The highest BCUT2D eigenvalue weighted by Crippen LogP contribution is 2.06. The maximum absolute atomic E-state index is 10.9. The average molecular weight is 263 g/mol. The highest BCUT2D eigenvalue weighted by Gasteiger charge is 2.00. The van der Waals surface area contributed by atoms with E-state index in [-0.39, 0.29) is 11.1 Å². The second-order valence-electron chi connectivity index (χ2n) is 2.14. The van der Waals surface area contributed by atoms with Crippen molar-refractivity contribution in [2.75, 3.05) is 0 Å². The Hall–Kier alpha value is -0.650. The number of carbonyl (C=O) groups excluding carboxylic acids is 1. The molecule has 0 spiro atoms. The van der Waals surface area contributed by atoms with Crippen molar-refractivity contribution in [1.82, 2.24) is 4.98 Å². The lowest BCUT2D eigenvalue weighted by atomic mass is 10.3. The summed E-state index contributed by atoms with van der Waals surface area (Å²) >= 11 is 2.06. The molecule has 1 N–H and O–H groups in total. The van der Waals surface area contributed by atoms with Gasteiger partial charge >= 0.3 is 0 Å². The van der Waals surface area contributed by atoms with Gasteiger partial charge in [0, 0.05) is 9.26 Å². The first-order valence-corrected chi connectivity index (χ1v) is 4.07. The van der Waals surface area contributed by atoms with Gasteiger partial charge in [0.25, 0.3) is 5.56 Å². The van der Waals surface area contributed by atoms with Crippen molar-refractivity contribution in [2.24, 2.45) is 0 Å². The monoisotopic (exact) mass is 263 g/mol. The largest absolute Gasteiger partial charge is 0.325 e. The van der Waals surface area contributed by atoms with Gasteiger partial charge in [0.2, 0.25) is 0 Å². The van der Waals surface area contributed by atoms with Crippen LogP contribution in [0.3, 0.4) is 0 Å². The van der Waals surface area contributed by atoms with Gasteiger partial charge in [0.15, 0.2) is 6.29 Å². The number of rotatable bonds is 1. The second-order valence-corrected chi connectivity index (χ2v) is 3.31. The summed E-state index contributed by atoms with van der Waals surface area (Å²) in [6, 6.07) is 1.57. The standard InChI is InChI=1S/C7H6INO2/c1-4-6(8)2-5(3-10)7(11)9-4/h2-3H,1H3,(H,9,11). The van der Waals surface area contributed by atoms with E-state index in [9.17, 15) is 9.59 Å². The molecule has 0 saturated heterocycles. The van der Waals surface area contributed by atoms with Gasteiger partial charge in [-0.25, -0.2) is 0 Å². The third kappa shape index (κ3) is 1.68. The Balaban J connectivity index is 3.44. The lowest BCUT2D eigenvalue weighted by Crippen LogP contribution is -2.13. The second kappa shape index (κ2) is 3.17. The Morgan fingerprint density at radius 3 is 2.82 bits per heavy atom. The minimum absolute atomic E-state index is 0.181. The quantitative estimate of drug-likeness (QED) is 0.609. The summed E-state index contributed by atoms with van der Waals surface area (Å²) in [6.45, 7) is 1.79. The molecule has 11 heavy (non-hydrogen) atoms. The highest BCUT2D eigenvalue weighted by molar-refractivity contribution is 14.1. The van der Waals surface area contributed by atoms with Crippen molar-refractivity contribution in [1.29, 1.82) is 0 Å². The molecule has 0 aliphatic carbocycles. The van der Waals surface area contributed by atoms with Crippen LogP contribution < -0.4 is 5.56 Å². The molecule has 58 valence electrons. The van der Waals surface area contributed by atoms with Crippen molar-refractivity contribution < 1.29 is 4.79 Å². The summed E-state index contributed by atoms with van der Waals surface area (Å²) in [5.74, 6) is 0. The first kappa shape index (κ1) is 8.45. The maximum Gasteiger partial charge on any atom is 0.258 e. The fraction of sp³-hybridized carbons (Fsp3) is 0.143. The van der Waals surface area contributed by atoms with Gasteiger partial charge in [-0.3, -0.25) is 9.59 Å². The number of hydrogen-bond donors (Lipinski definition) is 1. The molecule has 1 rings (SSSR count). The van der Waals surface area contributed by atoms with Crippen molar-refractivity contribution in [3.05, 3.63) is 31.2 Å². The van der Waals surface area contributed by atoms with Crippen LogP contribution in [0.4, 0.5) is 0 Å². The summed E-state index contributed by atoms with van der Waals surface area (Å²) < 4.78 is 0.893. The fourth-order valence-corrected chi connectivity index (χ4v) is 1.17. The van der Waals surface area contributed by atoms with E-state index < -0.39 is 0 Å². The zero-order chi connectivity index (χ0) is 8.43. The van der Waals surface area contributed by atoms with Crippen LogP contribution in [0.1, 0.15) is 16.1 Å². The van der Waals surface area contributed by atoms with Crippen molar-refractivity contribution in [3.63, 3.8) is 0 Å². The van der Waals surface area contributed by atoms with Crippen molar-refractivity contribution in [2.45, 2.75) is 6.92 Å².